The Labute approximate surface area is 128 Å². The van der Waals surface area contributed by atoms with Gasteiger partial charge in [0.05, 0.1) is 34.7 Å². The predicted octanol–water partition coefficient (Wildman–Crippen LogP) is 2.57. The highest BCUT2D eigenvalue weighted by Gasteiger charge is 2.08. The number of carbonyl (C=O) groups excluding carboxylic acids is 1. The topological polar surface area (TPSA) is 67.8 Å². The number of hydrogen-bond acceptors (Lipinski definition) is 4. The van der Waals surface area contributed by atoms with Crippen LogP contribution in [0.3, 0.4) is 0 Å². The van der Waals surface area contributed by atoms with Crippen LogP contribution in [-0.4, -0.2) is 20.9 Å². The molecule has 0 aliphatic carbocycles. The minimum atomic E-state index is -0.146. The molecule has 3 aromatic rings. The lowest BCUT2D eigenvalue weighted by molar-refractivity contribution is 0.0950. The maximum Gasteiger partial charge on any atom is 0.251 e. The van der Waals surface area contributed by atoms with Crippen molar-refractivity contribution in [2.75, 3.05) is 0 Å². The van der Waals surface area contributed by atoms with E-state index in [9.17, 15) is 4.79 Å². The van der Waals surface area contributed by atoms with Crippen molar-refractivity contribution in [1.29, 1.82) is 0 Å². The molecule has 0 bridgehead atoms. The first-order valence-electron chi connectivity index (χ1n) is 7.06. The van der Waals surface area contributed by atoms with Gasteiger partial charge in [0.1, 0.15) is 0 Å². The summed E-state index contributed by atoms with van der Waals surface area (Å²) in [4.78, 5) is 25.4. The summed E-state index contributed by atoms with van der Waals surface area (Å²) in [6, 6.07) is 11.0. The third-order valence-electron chi connectivity index (χ3n) is 3.49. The number of benzene rings is 1. The van der Waals surface area contributed by atoms with Crippen LogP contribution in [0.25, 0.3) is 11.0 Å². The number of nitrogens with zero attached hydrogens (tertiary/aromatic N) is 3. The van der Waals surface area contributed by atoms with Gasteiger partial charge in [0, 0.05) is 11.8 Å². The molecule has 5 nitrogen and oxygen atoms in total. The van der Waals surface area contributed by atoms with Gasteiger partial charge in [-0.05, 0) is 44.2 Å². The number of carbonyl (C=O) groups is 1. The number of fused-ring (bicyclic) bond motifs is 1. The van der Waals surface area contributed by atoms with Gasteiger partial charge in [0.15, 0.2) is 0 Å². The van der Waals surface area contributed by atoms with E-state index in [0.717, 1.165) is 28.1 Å². The maximum absolute atomic E-state index is 12.2. The zero-order chi connectivity index (χ0) is 15.5. The van der Waals surface area contributed by atoms with Crippen molar-refractivity contribution >= 4 is 16.9 Å². The van der Waals surface area contributed by atoms with E-state index in [2.05, 4.69) is 20.3 Å². The van der Waals surface area contributed by atoms with Crippen molar-refractivity contribution in [3.63, 3.8) is 0 Å². The lowest BCUT2D eigenvalue weighted by Crippen LogP contribution is -2.23. The molecule has 1 aromatic carbocycles. The average molecular weight is 292 g/mol. The van der Waals surface area contributed by atoms with E-state index in [0.29, 0.717) is 12.1 Å². The van der Waals surface area contributed by atoms with Crippen molar-refractivity contribution in [2.45, 2.75) is 20.4 Å². The van der Waals surface area contributed by atoms with Crippen LogP contribution < -0.4 is 5.32 Å². The monoisotopic (exact) mass is 292 g/mol. The Kier molecular flexibility index (Phi) is 3.78. The van der Waals surface area contributed by atoms with E-state index in [4.69, 9.17) is 0 Å². The minimum absolute atomic E-state index is 0.146. The highest BCUT2D eigenvalue weighted by Crippen LogP contribution is 2.14. The van der Waals surface area contributed by atoms with Crippen molar-refractivity contribution in [3.8, 4) is 0 Å². The molecular weight excluding hydrogens is 276 g/mol. The van der Waals surface area contributed by atoms with Crippen LogP contribution in [0.5, 0.6) is 0 Å². The number of aromatic nitrogens is 3. The lowest BCUT2D eigenvalue weighted by Gasteiger charge is -2.07. The summed E-state index contributed by atoms with van der Waals surface area (Å²) in [5.41, 5.74) is 4.69. The quantitative estimate of drug-likeness (QED) is 0.805. The predicted molar refractivity (Wildman–Crippen MR) is 84.4 cm³/mol. The SMILES string of the molecule is Cc1nc2ccc(C(=O)NCc3ccccn3)cc2nc1C. The summed E-state index contributed by atoms with van der Waals surface area (Å²) >= 11 is 0. The van der Waals surface area contributed by atoms with Crippen LogP contribution >= 0.6 is 0 Å². The largest absolute Gasteiger partial charge is 0.346 e. The number of amides is 1. The van der Waals surface area contributed by atoms with Crippen LogP contribution in [0.1, 0.15) is 27.4 Å². The first-order chi connectivity index (χ1) is 10.6. The molecule has 0 spiro atoms. The highest BCUT2D eigenvalue weighted by atomic mass is 16.1. The van der Waals surface area contributed by atoms with Gasteiger partial charge in [0.2, 0.25) is 0 Å². The summed E-state index contributed by atoms with van der Waals surface area (Å²) < 4.78 is 0. The third kappa shape index (κ3) is 2.93. The van der Waals surface area contributed by atoms with Crippen molar-refractivity contribution in [2.24, 2.45) is 0 Å². The van der Waals surface area contributed by atoms with Crippen molar-refractivity contribution < 1.29 is 4.79 Å². The van der Waals surface area contributed by atoms with E-state index < -0.39 is 0 Å². The first kappa shape index (κ1) is 14.1. The summed E-state index contributed by atoms with van der Waals surface area (Å²) in [6.07, 6.45) is 1.71. The molecule has 0 saturated heterocycles. The second-order valence-electron chi connectivity index (χ2n) is 5.10. The Hall–Kier alpha value is -2.82. The van der Waals surface area contributed by atoms with E-state index in [-0.39, 0.29) is 5.91 Å². The maximum atomic E-state index is 12.2. The molecule has 2 heterocycles. The lowest BCUT2D eigenvalue weighted by atomic mass is 10.1. The number of hydrogen-bond donors (Lipinski definition) is 1. The molecule has 0 unspecified atom stereocenters. The molecule has 110 valence electrons. The van der Waals surface area contributed by atoms with Crippen molar-refractivity contribution in [1.82, 2.24) is 20.3 Å². The minimum Gasteiger partial charge on any atom is -0.346 e. The fourth-order valence-corrected chi connectivity index (χ4v) is 2.15. The van der Waals surface area contributed by atoms with Gasteiger partial charge >= 0.3 is 0 Å². The van der Waals surface area contributed by atoms with Gasteiger partial charge in [-0.2, -0.15) is 0 Å². The van der Waals surface area contributed by atoms with E-state index in [1.54, 1.807) is 18.3 Å². The summed E-state index contributed by atoms with van der Waals surface area (Å²) in [5.74, 6) is -0.146. The Morgan fingerprint density at radius 2 is 1.82 bits per heavy atom. The molecule has 22 heavy (non-hydrogen) atoms. The number of nitrogens with one attached hydrogen (secondary N) is 1. The molecule has 0 aliphatic rings. The third-order valence-corrected chi connectivity index (χ3v) is 3.49. The number of pyridine rings is 1. The standard InChI is InChI=1S/C17H16N4O/c1-11-12(2)21-16-9-13(6-7-15(16)20-11)17(22)19-10-14-5-3-4-8-18-14/h3-9H,10H2,1-2H3,(H,19,22). The molecule has 2 aromatic heterocycles. The molecular formula is C17H16N4O. The highest BCUT2D eigenvalue weighted by molar-refractivity contribution is 5.97. The van der Waals surface area contributed by atoms with Crippen LogP contribution in [0.2, 0.25) is 0 Å². The molecule has 1 N–H and O–H groups in total. The zero-order valence-corrected chi connectivity index (χ0v) is 12.5. The zero-order valence-electron chi connectivity index (χ0n) is 12.5. The number of aryl methyl sites for hydroxylation is 2. The Morgan fingerprint density at radius 1 is 1.05 bits per heavy atom. The fraction of sp³-hybridized carbons (Fsp3) is 0.176. The van der Waals surface area contributed by atoms with E-state index in [1.807, 2.05) is 38.1 Å². The summed E-state index contributed by atoms with van der Waals surface area (Å²) in [7, 11) is 0. The Balaban J connectivity index is 1.80. The van der Waals surface area contributed by atoms with Gasteiger partial charge in [-0.3, -0.25) is 9.78 Å². The molecule has 0 fully saturated rings. The molecule has 0 atom stereocenters. The van der Waals surface area contributed by atoms with Gasteiger partial charge in [0.25, 0.3) is 5.91 Å². The average Bonchev–Trinajstić information content (AvgIpc) is 2.54. The second-order valence-corrected chi connectivity index (χ2v) is 5.10. The Bertz CT molecular complexity index is 831. The molecule has 5 heteroatoms. The summed E-state index contributed by atoms with van der Waals surface area (Å²) in [6.45, 7) is 4.24. The second kappa shape index (κ2) is 5.89. The van der Waals surface area contributed by atoms with Gasteiger partial charge in [-0.25, -0.2) is 9.97 Å². The van der Waals surface area contributed by atoms with Gasteiger partial charge in [-0.1, -0.05) is 6.07 Å². The van der Waals surface area contributed by atoms with E-state index in [1.165, 1.54) is 0 Å². The van der Waals surface area contributed by atoms with E-state index >= 15 is 0 Å². The number of rotatable bonds is 3. The van der Waals surface area contributed by atoms with Crippen LogP contribution in [0.15, 0.2) is 42.6 Å². The van der Waals surface area contributed by atoms with Crippen LogP contribution in [0.4, 0.5) is 0 Å². The summed E-state index contributed by atoms with van der Waals surface area (Å²) in [5, 5.41) is 2.86. The molecule has 3 rings (SSSR count). The molecule has 0 radical (unpaired) electrons. The van der Waals surface area contributed by atoms with Crippen molar-refractivity contribution in [3.05, 3.63) is 65.2 Å². The van der Waals surface area contributed by atoms with Gasteiger partial charge < -0.3 is 5.32 Å². The normalized spacial score (nSPS) is 10.6. The van der Waals surface area contributed by atoms with Crippen LogP contribution in [0, 0.1) is 13.8 Å². The first-order valence-corrected chi connectivity index (χ1v) is 7.06. The van der Waals surface area contributed by atoms with Gasteiger partial charge in [-0.15, -0.1) is 0 Å². The van der Waals surface area contributed by atoms with Crippen LogP contribution in [-0.2, 0) is 6.54 Å². The Morgan fingerprint density at radius 3 is 2.55 bits per heavy atom. The molecule has 0 aliphatic heterocycles. The smallest absolute Gasteiger partial charge is 0.251 e. The molecule has 0 saturated carbocycles. The molecule has 1 amide bonds. The fourth-order valence-electron chi connectivity index (χ4n) is 2.15.